The van der Waals surface area contributed by atoms with Crippen molar-refractivity contribution in [1.82, 2.24) is 0 Å². The molecular weight excluding hydrogens is 140 g/mol. The molecule has 0 spiro atoms. The standard InChI is InChI=1S/C5H6O2.Ti/c6-4-5-2-1-3-7-5;/h1-3,6H,4H2;. The van der Waals surface area contributed by atoms with Crippen LogP contribution in [0.3, 0.4) is 0 Å². The number of rotatable bonds is 1. The molecule has 1 aromatic heterocycles. The summed E-state index contributed by atoms with van der Waals surface area (Å²) >= 11 is 0. The topological polar surface area (TPSA) is 33.4 Å². The summed E-state index contributed by atoms with van der Waals surface area (Å²) in [6, 6.07) is 3.46. The van der Waals surface area contributed by atoms with Crippen molar-refractivity contribution in [3.8, 4) is 0 Å². The van der Waals surface area contributed by atoms with Gasteiger partial charge in [-0.25, -0.2) is 0 Å². The second-order valence-electron chi connectivity index (χ2n) is 1.24. The Morgan fingerprint density at radius 2 is 2.38 bits per heavy atom. The minimum atomic E-state index is -0.00694. The van der Waals surface area contributed by atoms with E-state index < -0.39 is 0 Å². The van der Waals surface area contributed by atoms with E-state index in [9.17, 15) is 0 Å². The van der Waals surface area contributed by atoms with Gasteiger partial charge in [-0.2, -0.15) is 0 Å². The molecule has 0 radical (unpaired) electrons. The smallest absolute Gasteiger partial charge is 0.129 e. The maximum absolute atomic E-state index is 8.33. The molecule has 0 amide bonds. The van der Waals surface area contributed by atoms with Crippen LogP contribution < -0.4 is 0 Å². The van der Waals surface area contributed by atoms with Gasteiger partial charge in [0.2, 0.25) is 0 Å². The molecule has 0 saturated heterocycles. The molecule has 0 aliphatic rings. The Morgan fingerprint density at radius 3 is 2.62 bits per heavy atom. The predicted octanol–water partition coefficient (Wildman–Crippen LogP) is 0.769. The van der Waals surface area contributed by atoms with Crippen molar-refractivity contribution in [2.75, 3.05) is 0 Å². The van der Waals surface area contributed by atoms with Crippen LogP contribution in [0.2, 0.25) is 0 Å². The van der Waals surface area contributed by atoms with E-state index in [4.69, 9.17) is 9.52 Å². The van der Waals surface area contributed by atoms with E-state index in [1.165, 1.54) is 6.26 Å². The third-order valence-corrected chi connectivity index (χ3v) is 0.736. The third kappa shape index (κ3) is 1.82. The fourth-order valence-electron chi connectivity index (χ4n) is 0.403. The Hall–Kier alpha value is -0.0457. The molecule has 3 heteroatoms. The average Bonchev–Trinajstić information content (AvgIpc) is 2.14. The number of hydrogen-bond acceptors (Lipinski definition) is 2. The molecule has 0 aromatic carbocycles. The molecule has 1 N–H and O–H groups in total. The quantitative estimate of drug-likeness (QED) is 0.593. The van der Waals surface area contributed by atoms with Gasteiger partial charge in [0.1, 0.15) is 12.4 Å². The molecule has 1 rings (SSSR count). The van der Waals surface area contributed by atoms with E-state index in [2.05, 4.69) is 0 Å². The van der Waals surface area contributed by atoms with Crippen molar-refractivity contribution in [2.45, 2.75) is 6.61 Å². The van der Waals surface area contributed by atoms with Gasteiger partial charge in [-0.05, 0) is 12.1 Å². The summed E-state index contributed by atoms with van der Waals surface area (Å²) < 4.78 is 4.73. The van der Waals surface area contributed by atoms with Crippen molar-refractivity contribution in [3.63, 3.8) is 0 Å². The Bertz CT molecular complexity index is 125. The number of furan rings is 1. The van der Waals surface area contributed by atoms with Gasteiger partial charge in [-0.3, -0.25) is 0 Å². The van der Waals surface area contributed by atoms with Crippen LogP contribution in [0, 0.1) is 0 Å². The molecule has 0 saturated carbocycles. The van der Waals surface area contributed by atoms with Gasteiger partial charge in [-0.1, -0.05) is 0 Å². The fraction of sp³-hybridized carbons (Fsp3) is 0.200. The average molecular weight is 146 g/mol. The van der Waals surface area contributed by atoms with Crippen molar-refractivity contribution < 1.29 is 31.2 Å². The van der Waals surface area contributed by atoms with Gasteiger partial charge in [0.25, 0.3) is 0 Å². The van der Waals surface area contributed by atoms with Gasteiger partial charge >= 0.3 is 0 Å². The molecule has 0 atom stereocenters. The molecule has 0 unspecified atom stereocenters. The first-order valence-electron chi connectivity index (χ1n) is 2.06. The van der Waals surface area contributed by atoms with Crippen LogP contribution in [0.5, 0.6) is 0 Å². The number of aliphatic hydroxyl groups excluding tert-OH is 1. The summed E-state index contributed by atoms with van der Waals surface area (Å²) in [5.74, 6) is 0.611. The van der Waals surface area contributed by atoms with E-state index >= 15 is 0 Å². The molecule has 8 heavy (non-hydrogen) atoms. The van der Waals surface area contributed by atoms with Crippen LogP contribution >= 0.6 is 0 Å². The second-order valence-corrected chi connectivity index (χ2v) is 1.24. The van der Waals surface area contributed by atoms with Gasteiger partial charge in [-0.15, -0.1) is 0 Å². The first kappa shape index (κ1) is 7.95. The Balaban J connectivity index is 0.000000490. The molecule has 1 heterocycles. The normalized spacial score (nSPS) is 8.12. The van der Waals surface area contributed by atoms with E-state index in [1.54, 1.807) is 12.1 Å². The van der Waals surface area contributed by atoms with E-state index in [-0.39, 0.29) is 28.3 Å². The SMILES string of the molecule is OCc1ccco1.[Ti]. The second kappa shape index (κ2) is 3.90. The largest absolute Gasteiger partial charge is 0.467 e. The Morgan fingerprint density at radius 1 is 1.62 bits per heavy atom. The summed E-state index contributed by atoms with van der Waals surface area (Å²) in [5.41, 5.74) is 0. The summed E-state index contributed by atoms with van der Waals surface area (Å²) in [4.78, 5) is 0. The van der Waals surface area contributed by atoms with Crippen LogP contribution in [-0.2, 0) is 28.3 Å². The van der Waals surface area contributed by atoms with Crippen molar-refractivity contribution in [1.29, 1.82) is 0 Å². The van der Waals surface area contributed by atoms with Gasteiger partial charge in [0.05, 0.1) is 6.26 Å². The molecule has 0 fully saturated rings. The zero-order valence-electron chi connectivity index (χ0n) is 4.29. The summed E-state index contributed by atoms with van der Waals surface area (Å²) in [7, 11) is 0. The maximum Gasteiger partial charge on any atom is 0.129 e. The molecule has 1 aromatic rings. The minimum Gasteiger partial charge on any atom is -0.467 e. The summed E-state index contributed by atoms with van der Waals surface area (Å²) in [6.45, 7) is -0.00694. The van der Waals surface area contributed by atoms with Crippen LogP contribution in [0.25, 0.3) is 0 Å². The van der Waals surface area contributed by atoms with Crippen molar-refractivity contribution >= 4 is 0 Å². The summed E-state index contributed by atoms with van der Waals surface area (Å²) in [5, 5.41) is 8.33. The molecule has 0 bridgehead atoms. The molecule has 42 valence electrons. The van der Waals surface area contributed by atoms with Gasteiger partial charge in [0.15, 0.2) is 0 Å². The van der Waals surface area contributed by atoms with Gasteiger partial charge < -0.3 is 9.52 Å². The Kier molecular flexibility index (Phi) is 3.87. The third-order valence-electron chi connectivity index (χ3n) is 0.736. The molecule has 0 aliphatic heterocycles. The van der Waals surface area contributed by atoms with Gasteiger partial charge in [0, 0.05) is 21.7 Å². The minimum absolute atomic E-state index is 0. The first-order chi connectivity index (χ1) is 3.43. The van der Waals surface area contributed by atoms with Crippen molar-refractivity contribution in [2.24, 2.45) is 0 Å². The summed E-state index contributed by atoms with van der Waals surface area (Å²) in [6.07, 6.45) is 1.53. The first-order valence-corrected chi connectivity index (χ1v) is 2.06. The van der Waals surface area contributed by atoms with Crippen LogP contribution in [-0.4, -0.2) is 5.11 Å². The van der Waals surface area contributed by atoms with E-state index in [1.807, 2.05) is 0 Å². The van der Waals surface area contributed by atoms with Crippen LogP contribution in [0.1, 0.15) is 5.76 Å². The number of aliphatic hydroxyl groups is 1. The van der Waals surface area contributed by atoms with E-state index in [0.29, 0.717) is 5.76 Å². The molecule has 2 nitrogen and oxygen atoms in total. The predicted molar refractivity (Wildman–Crippen MR) is 24.6 cm³/mol. The zero-order chi connectivity index (χ0) is 5.11. The molecular formula is C5H6O2Ti. The molecule has 0 aliphatic carbocycles. The monoisotopic (exact) mass is 146 g/mol. The van der Waals surface area contributed by atoms with Crippen LogP contribution in [0.4, 0.5) is 0 Å². The van der Waals surface area contributed by atoms with Crippen molar-refractivity contribution in [3.05, 3.63) is 24.2 Å². The maximum atomic E-state index is 8.33. The Labute approximate surface area is 62.4 Å². The van der Waals surface area contributed by atoms with E-state index in [0.717, 1.165) is 0 Å². The van der Waals surface area contributed by atoms with Crippen LogP contribution in [0.15, 0.2) is 22.8 Å². The number of hydrogen-bond donors (Lipinski definition) is 1. The zero-order valence-corrected chi connectivity index (χ0v) is 5.86. The fourth-order valence-corrected chi connectivity index (χ4v) is 0.403.